The lowest BCUT2D eigenvalue weighted by Gasteiger charge is -2.15. The molecule has 3 aromatic rings. The quantitative estimate of drug-likeness (QED) is 0.699. The van der Waals surface area contributed by atoms with Crippen LogP contribution in [0.15, 0.2) is 46.9 Å². The van der Waals surface area contributed by atoms with Crippen molar-refractivity contribution in [2.24, 2.45) is 0 Å². The molecule has 2 heterocycles. The Bertz CT molecular complexity index is 908. The molecule has 0 radical (unpaired) electrons. The number of rotatable bonds is 4. The molecule has 0 amide bonds. The van der Waals surface area contributed by atoms with Gasteiger partial charge in [-0.1, -0.05) is 23.8 Å². The van der Waals surface area contributed by atoms with Gasteiger partial charge >= 0.3 is 0 Å². The summed E-state index contributed by atoms with van der Waals surface area (Å²) in [5.74, 6) is -0.306. The Balaban J connectivity index is 1.42. The van der Waals surface area contributed by atoms with Gasteiger partial charge in [0.05, 0.1) is 5.92 Å². The smallest absolute Gasteiger partial charge is 0.247 e. The number of aryl methyl sites for hydroxylation is 1. The Morgan fingerprint density at radius 3 is 2.65 bits per heavy atom. The molecule has 1 aliphatic rings. The van der Waals surface area contributed by atoms with E-state index in [2.05, 4.69) is 15.1 Å². The number of aromatic nitrogens is 2. The zero-order chi connectivity index (χ0) is 18.1. The van der Waals surface area contributed by atoms with Gasteiger partial charge in [-0.2, -0.15) is 0 Å². The van der Waals surface area contributed by atoms with E-state index in [9.17, 15) is 8.78 Å². The summed E-state index contributed by atoms with van der Waals surface area (Å²) in [6.07, 6.45) is 0.902. The monoisotopic (exact) mass is 355 g/mol. The van der Waals surface area contributed by atoms with Gasteiger partial charge in [0.2, 0.25) is 11.8 Å². The number of hydrogen-bond donors (Lipinski definition) is 0. The van der Waals surface area contributed by atoms with Gasteiger partial charge in [-0.15, -0.1) is 10.2 Å². The van der Waals surface area contributed by atoms with E-state index >= 15 is 0 Å². The number of nitrogens with zero attached hydrogens (tertiary/aromatic N) is 3. The molecular formula is C20H19F2N3O. The van der Waals surface area contributed by atoms with Crippen LogP contribution < -0.4 is 0 Å². The van der Waals surface area contributed by atoms with E-state index in [4.69, 9.17) is 4.42 Å². The van der Waals surface area contributed by atoms with Crippen LogP contribution in [0, 0.1) is 18.6 Å². The molecule has 1 saturated heterocycles. The third kappa shape index (κ3) is 3.51. The summed E-state index contributed by atoms with van der Waals surface area (Å²) in [5.41, 5.74) is 2.85. The fourth-order valence-electron chi connectivity index (χ4n) is 3.29. The fraction of sp³-hybridized carbons (Fsp3) is 0.300. The van der Waals surface area contributed by atoms with Crippen molar-refractivity contribution in [2.75, 3.05) is 13.1 Å². The first kappa shape index (κ1) is 16.8. The molecule has 1 aromatic heterocycles. The van der Waals surface area contributed by atoms with Crippen molar-refractivity contribution in [3.05, 3.63) is 71.1 Å². The van der Waals surface area contributed by atoms with Crippen LogP contribution in [0.1, 0.15) is 29.4 Å². The molecule has 6 heteroatoms. The minimum Gasteiger partial charge on any atom is -0.420 e. The van der Waals surface area contributed by atoms with Crippen LogP contribution in [0.3, 0.4) is 0 Å². The molecule has 0 N–H and O–H groups in total. The summed E-state index contributed by atoms with van der Waals surface area (Å²) in [4.78, 5) is 2.19. The molecule has 0 unspecified atom stereocenters. The molecular weight excluding hydrogens is 336 g/mol. The van der Waals surface area contributed by atoms with Gasteiger partial charge in [0.15, 0.2) is 11.6 Å². The predicted molar refractivity (Wildman–Crippen MR) is 93.5 cm³/mol. The van der Waals surface area contributed by atoms with Gasteiger partial charge in [-0.05, 0) is 49.7 Å². The summed E-state index contributed by atoms with van der Waals surface area (Å²) < 4.78 is 32.3. The minimum atomic E-state index is -0.817. The lowest BCUT2D eigenvalue weighted by Crippen LogP contribution is -2.20. The van der Waals surface area contributed by atoms with E-state index in [1.54, 1.807) is 6.07 Å². The molecule has 0 spiro atoms. The first-order valence-electron chi connectivity index (χ1n) is 8.65. The van der Waals surface area contributed by atoms with Crippen molar-refractivity contribution >= 4 is 0 Å². The van der Waals surface area contributed by atoms with Crippen molar-refractivity contribution in [2.45, 2.75) is 25.8 Å². The van der Waals surface area contributed by atoms with Crippen molar-refractivity contribution in [3.8, 4) is 11.5 Å². The summed E-state index contributed by atoms with van der Waals surface area (Å²) in [5, 5.41) is 8.38. The van der Waals surface area contributed by atoms with Crippen molar-refractivity contribution in [1.82, 2.24) is 15.1 Å². The Morgan fingerprint density at radius 1 is 1.08 bits per heavy atom. The highest BCUT2D eigenvalue weighted by atomic mass is 19.2. The maximum Gasteiger partial charge on any atom is 0.247 e. The topological polar surface area (TPSA) is 42.2 Å². The van der Waals surface area contributed by atoms with Crippen LogP contribution in [-0.2, 0) is 6.54 Å². The van der Waals surface area contributed by atoms with Gasteiger partial charge in [-0.3, -0.25) is 4.90 Å². The molecule has 4 rings (SSSR count). The number of hydrogen-bond acceptors (Lipinski definition) is 4. The van der Waals surface area contributed by atoms with E-state index in [0.29, 0.717) is 18.3 Å². The van der Waals surface area contributed by atoms with E-state index in [1.807, 2.05) is 31.2 Å². The van der Waals surface area contributed by atoms with Gasteiger partial charge in [0.1, 0.15) is 0 Å². The molecule has 0 aliphatic carbocycles. The lowest BCUT2D eigenvalue weighted by molar-refractivity contribution is 0.319. The maximum atomic E-state index is 13.4. The van der Waals surface area contributed by atoms with Crippen LogP contribution in [0.25, 0.3) is 11.5 Å². The highest BCUT2D eigenvalue weighted by molar-refractivity contribution is 5.52. The first-order chi connectivity index (χ1) is 12.6. The second-order valence-electron chi connectivity index (χ2n) is 6.78. The summed E-state index contributed by atoms with van der Waals surface area (Å²) in [6.45, 7) is 4.22. The van der Waals surface area contributed by atoms with E-state index in [1.165, 1.54) is 17.7 Å². The Labute approximate surface area is 150 Å². The minimum absolute atomic E-state index is 0.159. The Kier molecular flexibility index (Phi) is 4.51. The molecule has 26 heavy (non-hydrogen) atoms. The SMILES string of the molecule is Cc1ccc(-c2nnc([C@H]3CCN(Cc4ccc(F)c(F)c4)C3)o2)cc1. The van der Waals surface area contributed by atoms with Crippen molar-refractivity contribution < 1.29 is 13.2 Å². The van der Waals surface area contributed by atoms with Crippen LogP contribution in [0.2, 0.25) is 0 Å². The van der Waals surface area contributed by atoms with Gasteiger partial charge in [0.25, 0.3) is 0 Å². The molecule has 1 atom stereocenters. The van der Waals surface area contributed by atoms with Crippen LogP contribution in [0.4, 0.5) is 8.78 Å². The first-order valence-corrected chi connectivity index (χ1v) is 8.65. The molecule has 0 saturated carbocycles. The molecule has 2 aromatic carbocycles. The molecule has 1 fully saturated rings. The van der Waals surface area contributed by atoms with E-state index in [-0.39, 0.29) is 5.92 Å². The molecule has 1 aliphatic heterocycles. The Morgan fingerprint density at radius 2 is 1.88 bits per heavy atom. The third-order valence-electron chi connectivity index (χ3n) is 4.75. The normalized spacial score (nSPS) is 17.7. The fourth-order valence-corrected chi connectivity index (χ4v) is 3.29. The van der Waals surface area contributed by atoms with Gasteiger partial charge in [-0.25, -0.2) is 8.78 Å². The number of likely N-dealkylation sites (tertiary alicyclic amines) is 1. The van der Waals surface area contributed by atoms with Crippen molar-refractivity contribution in [1.29, 1.82) is 0 Å². The van der Waals surface area contributed by atoms with Gasteiger partial charge < -0.3 is 4.42 Å². The zero-order valence-electron chi connectivity index (χ0n) is 14.5. The highest BCUT2D eigenvalue weighted by Crippen LogP contribution is 2.29. The zero-order valence-corrected chi connectivity index (χ0v) is 14.5. The van der Waals surface area contributed by atoms with Crippen LogP contribution in [0.5, 0.6) is 0 Å². The summed E-state index contributed by atoms with van der Waals surface area (Å²) in [7, 11) is 0. The summed E-state index contributed by atoms with van der Waals surface area (Å²) in [6, 6.07) is 12.0. The van der Waals surface area contributed by atoms with Gasteiger partial charge in [0, 0.05) is 18.7 Å². The number of halogens is 2. The second-order valence-corrected chi connectivity index (χ2v) is 6.78. The lowest BCUT2D eigenvalue weighted by atomic mass is 10.1. The largest absolute Gasteiger partial charge is 0.420 e. The highest BCUT2D eigenvalue weighted by Gasteiger charge is 2.28. The standard InChI is InChI=1S/C20H19F2N3O/c1-13-2-5-15(6-3-13)19-23-24-20(26-19)16-8-9-25(12-16)11-14-4-7-17(21)18(22)10-14/h2-7,10,16H,8-9,11-12H2,1H3/t16-/m0/s1. The van der Waals surface area contributed by atoms with Crippen LogP contribution in [-0.4, -0.2) is 28.2 Å². The summed E-state index contributed by atoms with van der Waals surface area (Å²) >= 11 is 0. The maximum absolute atomic E-state index is 13.4. The van der Waals surface area contributed by atoms with Crippen molar-refractivity contribution in [3.63, 3.8) is 0 Å². The number of benzene rings is 2. The van der Waals surface area contributed by atoms with E-state index < -0.39 is 11.6 Å². The Hall–Kier alpha value is -2.60. The third-order valence-corrected chi connectivity index (χ3v) is 4.75. The molecule has 0 bridgehead atoms. The average Bonchev–Trinajstić information content (AvgIpc) is 3.28. The predicted octanol–water partition coefficient (Wildman–Crippen LogP) is 4.31. The van der Waals surface area contributed by atoms with E-state index in [0.717, 1.165) is 30.6 Å². The second kappa shape index (κ2) is 6.96. The average molecular weight is 355 g/mol. The molecule has 4 nitrogen and oxygen atoms in total. The molecule has 134 valence electrons. The van der Waals surface area contributed by atoms with Crippen LogP contribution >= 0.6 is 0 Å².